The average Bonchev–Trinajstić information content (AvgIpc) is 3.12. The first-order valence-corrected chi connectivity index (χ1v) is 9.55. The van der Waals surface area contributed by atoms with Gasteiger partial charge >= 0.3 is 6.09 Å². The van der Waals surface area contributed by atoms with Gasteiger partial charge in [-0.1, -0.05) is 91.0 Å². The van der Waals surface area contributed by atoms with Crippen molar-refractivity contribution in [1.82, 2.24) is 9.78 Å². The molecule has 0 aliphatic rings. The van der Waals surface area contributed by atoms with Gasteiger partial charge in [-0.05, 0) is 16.7 Å². The fraction of sp³-hybridized carbons (Fsp3) is 0.0833. The molecule has 1 amide bonds. The number of carbonyl (C=O) groups is 1. The molecule has 0 radical (unpaired) electrons. The van der Waals surface area contributed by atoms with Crippen molar-refractivity contribution in [3.05, 3.63) is 114 Å². The number of hydrogen-bond donors (Lipinski definition) is 2. The fourth-order valence-corrected chi connectivity index (χ4v) is 3.70. The number of anilines is 1. The second-order valence-corrected chi connectivity index (χ2v) is 6.88. The van der Waals surface area contributed by atoms with Gasteiger partial charge < -0.3 is 15.8 Å². The van der Waals surface area contributed by atoms with Crippen LogP contribution in [0.2, 0.25) is 0 Å². The van der Waals surface area contributed by atoms with E-state index in [4.69, 9.17) is 10.5 Å². The Morgan fingerprint density at radius 3 is 1.70 bits per heavy atom. The third-order valence-corrected chi connectivity index (χ3v) is 5.04. The fourth-order valence-electron chi connectivity index (χ4n) is 3.70. The van der Waals surface area contributed by atoms with E-state index in [1.54, 1.807) is 11.7 Å². The Balaban J connectivity index is 1.99. The number of carbonyl (C=O) groups excluding carboxylic acids is 1. The first kappa shape index (κ1) is 19.3. The molecule has 4 rings (SSSR count). The Bertz CT molecular complexity index is 1030. The van der Waals surface area contributed by atoms with Crippen LogP contribution >= 0.6 is 0 Å². The molecule has 3 N–H and O–H groups in total. The second-order valence-electron chi connectivity index (χ2n) is 6.88. The van der Waals surface area contributed by atoms with Gasteiger partial charge in [0.2, 0.25) is 0 Å². The zero-order chi connectivity index (χ0) is 21.0. The van der Waals surface area contributed by atoms with Crippen LogP contribution in [0.1, 0.15) is 16.7 Å². The quantitative estimate of drug-likeness (QED) is 0.475. The number of rotatable bonds is 6. The summed E-state index contributed by atoms with van der Waals surface area (Å²) in [6, 6.07) is 30.4. The van der Waals surface area contributed by atoms with Gasteiger partial charge in [0.1, 0.15) is 5.54 Å². The Morgan fingerprint density at radius 2 is 1.30 bits per heavy atom. The molecule has 6 heteroatoms. The summed E-state index contributed by atoms with van der Waals surface area (Å²) in [6.07, 6.45) is 0.578. The van der Waals surface area contributed by atoms with Crippen molar-refractivity contribution >= 4 is 11.9 Å². The number of aryl methyl sites for hydroxylation is 1. The van der Waals surface area contributed by atoms with Crippen molar-refractivity contribution in [2.75, 3.05) is 5.32 Å². The van der Waals surface area contributed by atoms with Gasteiger partial charge in [0.05, 0.1) is 6.20 Å². The summed E-state index contributed by atoms with van der Waals surface area (Å²) < 4.78 is 6.84. The van der Waals surface area contributed by atoms with Crippen molar-refractivity contribution in [1.29, 1.82) is 0 Å². The van der Waals surface area contributed by atoms with Crippen LogP contribution in [0.15, 0.2) is 97.2 Å². The molecule has 0 bridgehead atoms. The number of nitrogens with zero attached hydrogens (tertiary/aromatic N) is 2. The molecule has 1 heterocycles. The van der Waals surface area contributed by atoms with Gasteiger partial charge in [0.15, 0.2) is 11.6 Å². The van der Waals surface area contributed by atoms with E-state index >= 15 is 0 Å². The van der Waals surface area contributed by atoms with Crippen molar-refractivity contribution in [3.63, 3.8) is 0 Å². The van der Waals surface area contributed by atoms with Crippen molar-refractivity contribution in [2.45, 2.75) is 5.54 Å². The number of primary amides is 1. The molecule has 0 unspecified atom stereocenters. The van der Waals surface area contributed by atoms with Crippen LogP contribution in [0.4, 0.5) is 10.6 Å². The van der Waals surface area contributed by atoms with Crippen LogP contribution in [0.5, 0.6) is 5.75 Å². The van der Waals surface area contributed by atoms with Gasteiger partial charge in [-0.3, -0.25) is 0 Å². The molecule has 0 aliphatic carbocycles. The predicted molar refractivity (Wildman–Crippen MR) is 116 cm³/mol. The Labute approximate surface area is 174 Å². The molecule has 30 heavy (non-hydrogen) atoms. The standard InChI is InChI=1S/C24H22N4O2/c1-28-22(21(17-26-28)30-23(25)29)27-24(18-11-5-2-6-12-18,19-13-7-3-8-14-19)20-15-9-4-10-16-20/h2-17,27H,1H3,(H2,25,29). The van der Waals surface area contributed by atoms with E-state index < -0.39 is 11.6 Å². The lowest BCUT2D eigenvalue weighted by molar-refractivity contribution is 0.211. The van der Waals surface area contributed by atoms with Crippen LogP contribution in [-0.2, 0) is 12.6 Å². The monoisotopic (exact) mass is 398 g/mol. The van der Waals surface area contributed by atoms with Crippen LogP contribution in [0, 0.1) is 0 Å². The summed E-state index contributed by atoms with van der Waals surface area (Å²) >= 11 is 0. The van der Waals surface area contributed by atoms with E-state index in [1.807, 2.05) is 54.6 Å². The normalized spacial score (nSPS) is 11.1. The maximum atomic E-state index is 11.4. The van der Waals surface area contributed by atoms with Crippen LogP contribution < -0.4 is 15.8 Å². The van der Waals surface area contributed by atoms with Gasteiger partial charge in [-0.2, -0.15) is 5.10 Å². The number of benzene rings is 3. The average molecular weight is 398 g/mol. The smallest absolute Gasteiger partial charge is 0.405 e. The summed E-state index contributed by atoms with van der Waals surface area (Å²) in [5.74, 6) is 0.794. The largest absolute Gasteiger partial charge is 0.410 e. The lowest BCUT2D eigenvalue weighted by atomic mass is 9.77. The number of ether oxygens (including phenoxy) is 1. The van der Waals surface area contributed by atoms with E-state index in [-0.39, 0.29) is 5.75 Å². The molecule has 0 saturated carbocycles. The third kappa shape index (κ3) is 3.51. The van der Waals surface area contributed by atoms with Crippen molar-refractivity contribution in [3.8, 4) is 5.75 Å². The summed E-state index contributed by atoms with van der Waals surface area (Å²) in [6.45, 7) is 0. The molecule has 0 fully saturated rings. The van der Waals surface area contributed by atoms with E-state index in [0.29, 0.717) is 5.82 Å². The maximum Gasteiger partial charge on any atom is 0.410 e. The molecule has 0 atom stereocenters. The van der Waals surface area contributed by atoms with Crippen LogP contribution in [0.3, 0.4) is 0 Å². The number of amides is 1. The Kier molecular flexibility index (Phi) is 5.22. The highest BCUT2D eigenvalue weighted by Gasteiger charge is 2.38. The van der Waals surface area contributed by atoms with Crippen LogP contribution in [-0.4, -0.2) is 15.9 Å². The minimum atomic E-state index is -0.893. The number of hydrogen-bond acceptors (Lipinski definition) is 4. The zero-order valence-electron chi connectivity index (χ0n) is 16.5. The predicted octanol–water partition coefficient (Wildman–Crippen LogP) is 4.28. The molecular formula is C24H22N4O2. The molecule has 0 spiro atoms. The summed E-state index contributed by atoms with van der Waals surface area (Å²) in [4.78, 5) is 11.4. The summed E-state index contributed by atoms with van der Waals surface area (Å²) in [5, 5.41) is 7.89. The van der Waals surface area contributed by atoms with Gasteiger partial charge in [-0.25, -0.2) is 9.48 Å². The highest BCUT2D eigenvalue weighted by Crippen LogP contribution is 2.41. The Morgan fingerprint density at radius 1 is 0.867 bits per heavy atom. The minimum absolute atomic E-state index is 0.261. The van der Waals surface area contributed by atoms with E-state index in [2.05, 4.69) is 46.8 Å². The molecule has 6 nitrogen and oxygen atoms in total. The maximum absolute atomic E-state index is 11.4. The first-order valence-electron chi connectivity index (χ1n) is 9.55. The SMILES string of the molecule is Cn1ncc(OC(N)=O)c1NC(c1ccccc1)(c1ccccc1)c1ccccc1. The van der Waals surface area contributed by atoms with Gasteiger partial charge in [-0.15, -0.1) is 0 Å². The molecule has 1 aromatic heterocycles. The van der Waals surface area contributed by atoms with E-state index in [1.165, 1.54) is 6.20 Å². The molecule has 0 saturated heterocycles. The van der Waals surface area contributed by atoms with Gasteiger partial charge in [0, 0.05) is 7.05 Å². The van der Waals surface area contributed by atoms with Crippen LogP contribution in [0.25, 0.3) is 0 Å². The van der Waals surface area contributed by atoms with Gasteiger partial charge in [0.25, 0.3) is 0 Å². The highest BCUT2D eigenvalue weighted by atomic mass is 16.5. The van der Waals surface area contributed by atoms with Crippen molar-refractivity contribution in [2.24, 2.45) is 12.8 Å². The molecular weight excluding hydrogens is 376 g/mol. The number of aromatic nitrogens is 2. The highest BCUT2D eigenvalue weighted by molar-refractivity contribution is 5.71. The van der Waals surface area contributed by atoms with E-state index in [0.717, 1.165) is 16.7 Å². The minimum Gasteiger partial charge on any atom is -0.405 e. The summed E-state index contributed by atoms with van der Waals surface area (Å²) in [7, 11) is 1.78. The molecule has 3 aromatic carbocycles. The lowest BCUT2D eigenvalue weighted by Crippen LogP contribution is -2.39. The lowest BCUT2D eigenvalue weighted by Gasteiger charge is -2.37. The second kappa shape index (κ2) is 8.13. The van der Waals surface area contributed by atoms with E-state index in [9.17, 15) is 4.79 Å². The Hall–Kier alpha value is -4.06. The molecule has 4 aromatic rings. The number of nitrogens with two attached hydrogens (primary N) is 1. The molecule has 150 valence electrons. The van der Waals surface area contributed by atoms with Crippen molar-refractivity contribution < 1.29 is 9.53 Å². The topological polar surface area (TPSA) is 82.2 Å². The summed E-state index contributed by atoms with van der Waals surface area (Å²) in [5.41, 5.74) is 7.57. The zero-order valence-corrected chi connectivity index (χ0v) is 16.5. The molecule has 0 aliphatic heterocycles. The first-order chi connectivity index (χ1) is 14.6. The number of nitrogens with one attached hydrogen (secondary N) is 1. The third-order valence-electron chi connectivity index (χ3n) is 5.04.